The van der Waals surface area contributed by atoms with Gasteiger partial charge in [0.05, 0.1) is 12.5 Å². The molecule has 1 aliphatic heterocycles. The number of hydrogen-bond acceptors (Lipinski definition) is 3. The molecule has 0 aromatic heterocycles. The van der Waals surface area contributed by atoms with E-state index in [1.165, 1.54) is 11.1 Å². The van der Waals surface area contributed by atoms with Crippen molar-refractivity contribution in [3.05, 3.63) is 59.7 Å². The summed E-state index contributed by atoms with van der Waals surface area (Å²) < 4.78 is 5.43. The number of amides is 2. The Bertz CT molecular complexity index is 801. The maximum atomic E-state index is 12.5. The summed E-state index contributed by atoms with van der Waals surface area (Å²) in [4.78, 5) is 26.5. The summed E-state index contributed by atoms with van der Waals surface area (Å²) in [5, 5.41) is 2.98. The number of anilines is 1. The van der Waals surface area contributed by atoms with Crippen LogP contribution >= 0.6 is 0 Å². The Morgan fingerprint density at radius 2 is 1.93 bits per heavy atom. The van der Waals surface area contributed by atoms with Gasteiger partial charge in [-0.15, -0.1) is 0 Å². The molecular weight excluding hydrogens is 340 g/mol. The minimum absolute atomic E-state index is 0.0155. The summed E-state index contributed by atoms with van der Waals surface area (Å²) in [6, 6.07) is 15.6. The van der Waals surface area contributed by atoms with Crippen LogP contribution in [-0.4, -0.2) is 31.5 Å². The van der Waals surface area contributed by atoms with Crippen molar-refractivity contribution in [2.24, 2.45) is 5.92 Å². The molecule has 1 heterocycles. The number of aryl methyl sites for hydroxylation is 1. The van der Waals surface area contributed by atoms with Gasteiger partial charge in [0.1, 0.15) is 5.75 Å². The largest absolute Gasteiger partial charge is 0.494 e. The number of hydrogen-bond donors (Lipinski definition) is 1. The van der Waals surface area contributed by atoms with Crippen LogP contribution in [0.4, 0.5) is 5.69 Å². The number of ether oxygens (including phenoxy) is 1. The molecule has 0 aliphatic carbocycles. The molecule has 3 rings (SSSR count). The number of nitrogens with zero attached hydrogens (tertiary/aromatic N) is 1. The molecule has 2 aromatic rings. The third kappa shape index (κ3) is 4.67. The van der Waals surface area contributed by atoms with Crippen molar-refractivity contribution in [2.45, 2.75) is 26.7 Å². The van der Waals surface area contributed by atoms with Crippen LogP contribution in [0.15, 0.2) is 48.5 Å². The SMILES string of the molecule is CCOc1ccc(N2CC(C(=O)NCCc3ccccc3C)CC2=O)cc1. The van der Waals surface area contributed by atoms with Gasteiger partial charge in [-0.3, -0.25) is 9.59 Å². The van der Waals surface area contributed by atoms with E-state index in [-0.39, 0.29) is 24.2 Å². The van der Waals surface area contributed by atoms with Crippen LogP contribution in [0.5, 0.6) is 5.75 Å². The van der Waals surface area contributed by atoms with Crippen LogP contribution in [-0.2, 0) is 16.0 Å². The molecule has 0 radical (unpaired) electrons. The average molecular weight is 366 g/mol. The van der Waals surface area contributed by atoms with Crippen LogP contribution in [0.2, 0.25) is 0 Å². The van der Waals surface area contributed by atoms with Gasteiger partial charge in [-0.25, -0.2) is 0 Å². The Hall–Kier alpha value is -2.82. The van der Waals surface area contributed by atoms with Crippen LogP contribution in [0.3, 0.4) is 0 Å². The fourth-order valence-electron chi connectivity index (χ4n) is 3.38. The van der Waals surface area contributed by atoms with E-state index in [1.54, 1.807) is 4.90 Å². The van der Waals surface area contributed by atoms with Crippen LogP contribution in [0.1, 0.15) is 24.5 Å². The smallest absolute Gasteiger partial charge is 0.227 e. The van der Waals surface area contributed by atoms with Gasteiger partial charge in [-0.1, -0.05) is 24.3 Å². The lowest BCUT2D eigenvalue weighted by atomic mass is 10.1. The molecule has 1 unspecified atom stereocenters. The molecule has 1 fully saturated rings. The number of nitrogens with one attached hydrogen (secondary N) is 1. The molecule has 2 aromatic carbocycles. The molecule has 1 aliphatic rings. The van der Waals surface area contributed by atoms with Crippen molar-refractivity contribution in [1.82, 2.24) is 5.32 Å². The lowest BCUT2D eigenvalue weighted by molar-refractivity contribution is -0.126. The first-order valence-electron chi connectivity index (χ1n) is 9.44. The molecule has 142 valence electrons. The van der Waals surface area contributed by atoms with Crippen molar-refractivity contribution in [1.29, 1.82) is 0 Å². The Morgan fingerprint density at radius 3 is 2.63 bits per heavy atom. The highest BCUT2D eigenvalue weighted by Gasteiger charge is 2.34. The number of carbonyl (C=O) groups is 2. The van der Waals surface area contributed by atoms with E-state index in [4.69, 9.17) is 4.74 Å². The van der Waals surface area contributed by atoms with E-state index in [0.29, 0.717) is 19.7 Å². The first-order chi connectivity index (χ1) is 13.1. The van der Waals surface area contributed by atoms with Gasteiger partial charge in [0.15, 0.2) is 0 Å². The van der Waals surface area contributed by atoms with Crippen LogP contribution < -0.4 is 15.0 Å². The standard InChI is InChI=1S/C22H26N2O3/c1-3-27-20-10-8-19(9-11-20)24-15-18(14-21(24)25)22(26)23-13-12-17-7-5-4-6-16(17)2/h4-11,18H,3,12-15H2,1-2H3,(H,23,26). The van der Waals surface area contributed by atoms with Crippen molar-refractivity contribution in [3.8, 4) is 5.75 Å². The molecule has 0 saturated carbocycles. The summed E-state index contributed by atoms with van der Waals surface area (Å²) in [6.45, 7) is 5.61. The molecule has 1 saturated heterocycles. The second kappa shape index (κ2) is 8.71. The van der Waals surface area contributed by atoms with Crippen molar-refractivity contribution >= 4 is 17.5 Å². The van der Waals surface area contributed by atoms with E-state index in [9.17, 15) is 9.59 Å². The lowest BCUT2D eigenvalue weighted by Gasteiger charge is -2.17. The Labute approximate surface area is 160 Å². The first-order valence-corrected chi connectivity index (χ1v) is 9.44. The van der Waals surface area contributed by atoms with E-state index < -0.39 is 0 Å². The minimum atomic E-state index is -0.305. The van der Waals surface area contributed by atoms with Gasteiger partial charge in [0.25, 0.3) is 0 Å². The Balaban J connectivity index is 1.53. The lowest BCUT2D eigenvalue weighted by Crippen LogP contribution is -2.34. The fraction of sp³-hybridized carbons (Fsp3) is 0.364. The van der Waals surface area contributed by atoms with Crippen molar-refractivity contribution in [3.63, 3.8) is 0 Å². The third-order valence-corrected chi connectivity index (χ3v) is 4.91. The van der Waals surface area contributed by atoms with Gasteiger partial charge < -0.3 is 15.0 Å². The number of rotatable bonds is 7. The summed E-state index contributed by atoms with van der Waals surface area (Å²) in [5.74, 6) is 0.405. The van der Waals surface area contributed by atoms with Crippen LogP contribution in [0.25, 0.3) is 0 Å². The second-order valence-electron chi connectivity index (χ2n) is 6.80. The zero-order valence-corrected chi connectivity index (χ0v) is 15.9. The van der Waals surface area contributed by atoms with E-state index >= 15 is 0 Å². The van der Waals surface area contributed by atoms with Gasteiger partial charge in [-0.2, -0.15) is 0 Å². The molecule has 1 N–H and O–H groups in total. The summed E-state index contributed by atoms with van der Waals surface area (Å²) in [5.41, 5.74) is 3.26. The second-order valence-corrected chi connectivity index (χ2v) is 6.80. The molecule has 27 heavy (non-hydrogen) atoms. The average Bonchev–Trinajstić information content (AvgIpc) is 3.06. The van der Waals surface area contributed by atoms with Crippen LogP contribution in [0, 0.1) is 12.8 Å². The molecule has 0 bridgehead atoms. The molecule has 1 atom stereocenters. The summed E-state index contributed by atoms with van der Waals surface area (Å²) >= 11 is 0. The highest BCUT2D eigenvalue weighted by molar-refractivity contribution is 6.00. The van der Waals surface area contributed by atoms with Gasteiger partial charge in [0.2, 0.25) is 11.8 Å². The maximum absolute atomic E-state index is 12.5. The van der Waals surface area contributed by atoms with Gasteiger partial charge >= 0.3 is 0 Å². The van der Waals surface area contributed by atoms with Gasteiger partial charge in [0, 0.05) is 25.2 Å². The first kappa shape index (κ1) is 19.0. The predicted octanol–water partition coefficient (Wildman–Crippen LogP) is 3.11. The predicted molar refractivity (Wildman–Crippen MR) is 106 cm³/mol. The van der Waals surface area contributed by atoms with E-state index in [0.717, 1.165) is 17.9 Å². The monoisotopic (exact) mass is 366 g/mol. The minimum Gasteiger partial charge on any atom is -0.494 e. The molecule has 2 amide bonds. The quantitative estimate of drug-likeness (QED) is 0.819. The zero-order chi connectivity index (χ0) is 19.2. The van der Waals surface area contributed by atoms with E-state index in [2.05, 4.69) is 24.4 Å². The third-order valence-electron chi connectivity index (χ3n) is 4.91. The maximum Gasteiger partial charge on any atom is 0.227 e. The van der Waals surface area contributed by atoms with Gasteiger partial charge in [-0.05, 0) is 55.7 Å². The number of carbonyl (C=O) groups excluding carboxylic acids is 2. The molecular formula is C22H26N2O3. The Morgan fingerprint density at radius 1 is 1.19 bits per heavy atom. The zero-order valence-electron chi connectivity index (χ0n) is 15.9. The van der Waals surface area contributed by atoms with Crippen molar-refractivity contribution in [2.75, 3.05) is 24.6 Å². The molecule has 5 heteroatoms. The summed E-state index contributed by atoms with van der Waals surface area (Å²) in [6.07, 6.45) is 1.05. The molecule has 0 spiro atoms. The number of benzene rings is 2. The Kier molecular flexibility index (Phi) is 6.12. The fourth-order valence-corrected chi connectivity index (χ4v) is 3.38. The highest BCUT2D eigenvalue weighted by Crippen LogP contribution is 2.27. The molecule has 5 nitrogen and oxygen atoms in total. The van der Waals surface area contributed by atoms with Crippen molar-refractivity contribution < 1.29 is 14.3 Å². The normalized spacial score (nSPS) is 16.4. The van der Waals surface area contributed by atoms with E-state index in [1.807, 2.05) is 43.3 Å². The highest BCUT2D eigenvalue weighted by atomic mass is 16.5. The topological polar surface area (TPSA) is 58.6 Å². The summed E-state index contributed by atoms with van der Waals surface area (Å²) in [7, 11) is 0.